The zero-order valence-corrected chi connectivity index (χ0v) is 22.3. The van der Waals surface area contributed by atoms with Crippen LogP contribution < -0.4 is 0 Å². The summed E-state index contributed by atoms with van der Waals surface area (Å²) in [5.74, 6) is 0. The van der Waals surface area contributed by atoms with Crippen molar-refractivity contribution in [2.24, 2.45) is 0 Å². The predicted molar refractivity (Wildman–Crippen MR) is 127 cm³/mol. The lowest BCUT2D eigenvalue weighted by molar-refractivity contribution is -0.0173. The van der Waals surface area contributed by atoms with Gasteiger partial charge in [-0.2, -0.15) is 0 Å². The molecule has 7 nitrogen and oxygen atoms in total. The van der Waals surface area contributed by atoms with Crippen molar-refractivity contribution in [3.8, 4) is 0 Å². The van der Waals surface area contributed by atoms with Crippen LogP contribution in [-0.2, 0) is 32.8 Å². The summed E-state index contributed by atoms with van der Waals surface area (Å²) in [5.41, 5.74) is 0. The summed E-state index contributed by atoms with van der Waals surface area (Å²) >= 11 is 2.28. The van der Waals surface area contributed by atoms with E-state index in [1.807, 2.05) is 0 Å². The number of halogens is 1. The third-order valence-corrected chi connectivity index (χ3v) is 9.56. The molecule has 176 valence electrons. The summed E-state index contributed by atoms with van der Waals surface area (Å²) in [6.45, 7) is 19.0. The van der Waals surface area contributed by atoms with Crippen molar-refractivity contribution in [2.45, 2.75) is 38.9 Å². The summed E-state index contributed by atoms with van der Waals surface area (Å²) in [5, 5.41) is 0.234. The zero-order valence-electron chi connectivity index (χ0n) is 19.1. The van der Waals surface area contributed by atoms with Crippen LogP contribution in [0.5, 0.6) is 0 Å². The molecule has 0 aromatic heterocycles. The summed E-state index contributed by atoms with van der Waals surface area (Å²) in [4.78, 5) is 0. The molecule has 0 bridgehead atoms. The molecule has 0 N–H and O–H groups in total. The largest absolute Gasteiger partial charge is 0.414 e. The van der Waals surface area contributed by atoms with Gasteiger partial charge >= 0.3 is 0 Å². The molecule has 0 unspecified atom stereocenters. The third-order valence-electron chi connectivity index (χ3n) is 4.58. The van der Waals surface area contributed by atoms with Gasteiger partial charge in [-0.3, -0.25) is 0 Å². The van der Waals surface area contributed by atoms with E-state index in [2.05, 4.69) is 56.5 Å². The number of hydrogen-bond donors (Lipinski definition) is 0. The van der Waals surface area contributed by atoms with Gasteiger partial charge in [-0.25, -0.2) is 0 Å². The fourth-order valence-corrected chi connectivity index (χ4v) is 3.17. The van der Waals surface area contributed by atoms with E-state index in [4.69, 9.17) is 32.8 Å². The second-order valence-corrected chi connectivity index (χ2v) is 13.9. The van der Waals surface area contributed by atoms with Crippen molar-refractivity contribution in [1.82, 2.24) is 0 Å². The molecule has 0 heterocycles. The topological polar surface area (TPSA) is 64.6 Å². The molecule has 29 heavy (non-hydrogen) atoms. The molecule has 0 rings (SSSR count). The molecule has 0 aliphatic heterocycles. The molecule has 0 aromatic carbocycles. The first-order valence-electron chi connectivity index (χ1n) is 10.5. The van der Waals surface area contributed by atoms with Gasteiger partial charge < -0.3 is 32.8 Å². The monoisotopic (exact) mass is 550 g/mol. The minimum atomic E-state index is -1.67. The predicted octanol–water partition coefficient (Wildman–Crippen LogP) is 3.54. The number of ether oxygens (including phenoxy) is 6. The van der Waals surface area contributed by atoms with Gasteiger partial charge in [-0.1, -0.05) is 43.4 Å². The number of rotatable bonds is 21. The van der Waals surface area contributed by atoms with Crippen molar-refractivity contribution >= 4 is 30.9 Å². The Hall–Kier alpha value is 0.667. The van der Waals surface area contributed by atoms with Crippen molar-refractivity contribution in [3.63, 3.8) is 0 Å². The lowest BCUT2D eigenvalue weighted by Gasteiger charge is -2.36. The molecule has 0 saturated heterocycles. The summed E-state index contributed by atoms with van der Waals surface area (Å²) in [6.07, 6.45) is 0. The van der Waals surface area contributed by atoms with Gasteiger partial charge in [0.15, 0.2) is 8.32 Å². The Morgan fingerprint density at radius 3 is 1.07 bits per heavy atom. The van der Waals surface area contributed by atoms with E-state index in [-0.39, 0.29) is 5.04 Å². The maximum atomic E-state index is 6.05. The number of hydrogen-bond acceptors (Lipinski definition) is 7. The van der Waals surface area contributed by atoms with Gasteiger partial charge in [0.1, 0.15) is 0 Å². The molecule has 0 saturated carbocycles. The fourth-order valence-electron chi connectivity index (χ4n) is 1.83. The summed E-state index contributed by atoms with van der Waals surface area (Å²) < 4.78 is 39.7. The average Bonchev–Trinajstić information content (AvgIpc) is 2.65. The second-order valence-electron chi connectivity index (χ2n) is 7.97. The molecule has 0 aliphatic carbocycles. The van der Waals surface area contributed by atoms with E-state index in [9.17, 15) is 0 Å². The Balaban J connectivity index is 3.17. The normalized spacial score (nSPS) is 12.6. The molecule has 9 heteroatoms. The van der Waals surface area contributed by atoms with Gasteiger partial charge in [0, 0.05) is 4.43 Å². The lowest BCUT2D eigenvalue weighted by atomic mass is 10.2. The van der Waals surface area contributed by atoms with E-state index in [0.29, 0.717) is 79.3 Å². The van der Waals surface area contributed by atoms with Crippen LogP contribution >= 0.6 is 22.6 Å². The quantitative estimate of drug-likeness (QED) is 0.0938. The highest BCUT2D eigenvalue weighted by Crippen LogP contribution is 2.36. The van der Waals surface area contributed by atoms with Gasteiger partial charge in [0.05, 0.1) is 85.9 Å². The van der Waals surface area contributed by atoms with Crippen LogP contribution in [0.15, 0.2) is 0 Å². The van der Waals surface area contributed by atoms with Gasteiger partial charge in [0.2, 0.25) is 0 Å². The standard InChI is InChI=1S/C20H43IO7Si/c1-20(2,3)29(4,5)28-19-18-27-17-16-26-15-14-25-13-12-24-11-10-23-9-8-22-7-6-21/h6-19H2,1-5H3. The molecule has 0 fully saturated rings. The first kappa shape index (κ1) is 29.7. The molecule has 0 aromatic rings. The molecular weight excluding hydrogens is 507 g/mol. The Morgan fingerprint density at radius 1 is 0.517 bits per heavy atom. The zero-order chi connectivity index (χ0) is 21.8. The van der Waals surface area contributed by atoms with E-state index in [1.165, 1.54) is 0 Å². The van der Waals surface area contributed by atoms with Gasteiger partial charge in [-0.15, -0.1) is 0 Å². The molecule has 0 spiro atoms. The fraction of sp³-hybridized carbons (Fsp3) is 1.00. The summed E-state index contributed by atoms with van der Waals surface area (Å²) in [6, 6.07) is 0. The molecule has 0 amide bonds. The first-order chi connectivity index (χ1) is 13.8. The summed E-state index contributed by atoms with van der Waals surface area (Å²) in [7, 11) is -1.67. The minimum Gasteiger partial charge on any atom is -0.414 e. The average molecular weight is 551 g/mol. The van der Waals surface area contributed by atoms with Crippen molar-refractivity contribution in [2.75, 3.05) is 90.3 Å². The molecule has 0 aliphatic rings. The maximum Gasteiger partial charge on any atom is 0.192 e. The lowest BCUT2D eigenvalue weighted by Crippen LogP contribution is -2.41. The van der Waals surface area contributed by atoms with Gasteiger partial charge in [0.25, 0.3) is 0 Å². The number of alkyl halides is 1. The highest BCUT2D eigenvalue weighted by molar-refractivity contribution is 14.1. The van der Waals surface area contributed by atoms with Crippen molar-refractivity contribution in [1.29, 1.82) is 0 Å². The van der Waals surface area contributed by atoms with E-state index in [1.54, 1.807) is 0 Å². The van der Waals surface area contributed by atoms with Crippen LogP contribution in [0, 0.1) is 0 Å². The van der Waals surface area contributed by atoms with E-state index < -0.39 is 8.32 Å². The molecule has 0 radical (unpaired) electrons. The Bertz CT molecular complexity index is 354. The van der Waals surface area contributed by atoms with E-state index in [0.717, 1.165) is 11.0 Å². The highest BCUT2D eigenvalue weighted by Gasteiger charge is 2.36. The van der Waals surface area contributed by atoms with Crippen LogP contribution in [0.2, 0.25) is 18.1 Å². The SMILES string of the molecule is CC(C)(C)[Si](C)(C)OCCOCCOCCOCCOCCOCCOCCI. The third kappa shape index (κ3) is 19.1. The Labute approximate surface area is 192 Å². The van der Waals surface area contributed by atoms with Crippen LogP contribution in [0.4, 0.5) is 0 Å². The minimum absolute atomic E-state index is 0.234. The first-order valence-corrected chi connectivity index (χ1v) is 14.9. The molecular formula is C20H43IO7Si. The molecule has 0 atom stereocenters. The van der Waals surface area contributed by atoms with Crippen molar-refractivity contribution < 1.29 is 32.8 Å². The van der Waals surface area contributed by atoms with Crippen LogP contribution in [0.25, 0.3) is 0 Å². The van der Waals surface area contributed by atoms with E-state index >= 15 is 0 Å². The van der Waals surface area contributed by atoms with Crippen LogP contribution in [-0.4, -0.2) is 98.6 Å². The second kappa shape index (κ2) is 19.4. The highest BCUT2D eigenvalue weighted by atomic mass is 127. The Kier molecular flexibility index (Phi) is 19.8. The smallest absolute Gasteiger partial charge is 0.192 e. The van der Waals surface area contributed by atoms with Crippen LogP contribution in [0.3, 0.4) is 0 Å². The Morgan fingerprint density at radius 2 is 0.793 bits per heavy atom. The van der Waals surface area contributed by atoms with Crippen molar-refractivity contribution in [3.05, 3.63) is 0 Å². The van der Waals surface area contributed by atoms with Gasteiger partial charge in [-0.05, 0) is 18.1 Å². The van der Waals surface area contributed by atoms with Crippen LogP contribution in [0.1, 0.15) is 20.8 Å². The maximum absolute atomic E-state index is 6.05.